The average molecular weight is 590 g/mol. The number of carbonyl (C=O) groups is 1. The Morgan fingerprint density at radius 3 is 2.79 bits per heavy atom. The molecule has 1 atom stereocenters. The first-order chi connectivity index (χ1) is 20.5. The third-order valence-electron chi connectivity index (χ3n) is 7.67. The number of aromatic nitrogens is 2. The fourth-order valence-corrected chi connectivity index (χ4v) is 5.89. The van der Waals surface area contributed by atoms with E-state index >= 15 is 0 Å². The zero-order valence-electron chi connectivity index (χ0n) is 24.3. The lowest BCUT2D eigenvalue weighted by Crippen LogP contribution is -2.57. The fraction of sp³-hybridized carbons (Fsp3) is 0.419. The first-order valence-corrected chi connectivity index (χ1v) is 14.8. The summed E-state index contributed by atoms with van der Waals surface area (Å²) in [6, 6.07) is 13.5. The Bertz CT molecular complexity index is 1480. The van der Waals surface area contributed by atoms with Gasteiger partial charge in [-0.15, -0.1) is 0 Å². The van der Waals surface area contributed by atoms with Gasteiger partial charge in [-0.3, -0.25) is 4.90 Å². The molecule has 10 nitrogen and oxygen atoms in total. The van der Waals surface area contributed by atoms with Gasteiger partial charge in [-0.1, -0.05) is 18.5 Å². The van der Waals surface area contributed by atoms with Crippen molar-refractivity contribution >= 4 is 29.0 Å². The molecule has 2 amide bonds. The van der Waals surface area contributed by atoms with Gasteiger partial charge in [0.05, 0.1) is 29.1 Å². The average Bonchev–Trinajstić information content (AvgIpc) is 3.44. The van der Waals surface area contributed by atoms with Gasteiger partial charge < -0.3 is 24.6 Å². The molecule has 0 bridgehead atoms. The number of ether oxygens (including phenoxy) is 2. The van der Waals surface area contributed by atoms with Gasteiger partial charge in [-0.05, 0) is 68.8 Å². The molecule has 3 aromatic rings. The molecule has 1 saturated heterocycles. The molecule has 5 rings (SSSR count). The molecule has 1 fully saturated rings. The number of hydrogen-bond donors (Lipinski definition) is 1. The van der Waals surface area contributed by atoms with Crippen molar-refractivity contribution in [2.24, 2.45) is 0 Å². The second kappa shape index (κ2) is 13.3. The number of anilines is 2. The van der Waals surface area contributed by atoms with Crippen LogP contribution in [0.15, 0.2) is 42.6 Å². The molecule has 2 aromatic heterocycles. The number of urea groups is 1. The van der Waals surface area contributed by atoms with Crippen molar-refractivity contribution in [2.75, 3.05) is 62.8 Å². The van der Waals surface area contributed by atoms with E-state index in [1.165, 1.54) is 0 Å². The monoisotopic (exact) mass is 589 g/mol. The van der Waals surface area contributed by atoms with Crippen LogP contribution in [0, 0.1) is 11.3 Å². The number of benzene rings is 1. The number of nitrogens with zero attached hydrogens (tertiary/aromatic N) is 6. The molecule has 4 heterocycles. The van der Waals surface area contributed by atoms with Crippen molar-refractivity contribution in [3.8, 4) is 29.1 Å². The van der Waals surface area contributed by atoms with E-state index in [4.69, 9.17) is 26.1 Å². The van der Waals surface area contributed by atoms with Gasteiger partial charge in [0.15, 0.2) is 0 Å². The minimum Gasteiger partial charge on any atom is -0.477 e. The second-order valence-corrected chi connectivity index (χ2v) is 10.7. The molecule has 11 heteroatoms. The minimum atomic E-state index is -0.0790. The first kappa shape index (κ1) is 29.4. The Morgan fingerprint density at radius 2 is 2.02 bits per heavy atom. The summed E-state index contributed by atoms with van der Waals surface area (Å²) in [5.74, 6) is 1.07. The van der Waals surface area contributed by atoms with Crippen LogP contribution < -0.4 is 24.6 Å². The van der Waals surface area contributed by atoms with Crippen molar-refractivity contribution in [1.82, 2.24) is 20.2 Å². The maximum atomic E-state index is 13.8. The predicted molar refractivity (Wildman–Crippen MR) is 164 cm³/mol. The highest BCUT2D eigenvalue weighted by Crippen LogP contribution is 2.37. The van der Waals surface area contributed by atoms with E-state index in [0.717, 1.165) is 28.9 Å². The Balaban J connectivity index is 1.40. The van der Waals surface area contributed by atoms with Crippen molar-refractivity contribution in [2.45, 2.75) is 32.7 Å². The highest BCUT2D eigenvalue weighted by Gasteiger charge is 2.36. The van der Waals surface area contributed by atoms with Crippen LogP contribution >= 0.6 is 11.6 Å². The minimum absolute atomic E-state index is 0.0575. The molecule has 0 saturated carbocycles. The van der Waals surface area contributed by atoms with Gasteiger partial charge >= 0.3 is 6.03 Å². The van der Waals surface area contributed by atoms with Crippen LogP contribution in [0.4, 0.5) is 16.2 Å². The van der Waals surface area contributed by atoms with E-state index in [0.29, 0.717) is 80.4 Å². The molecule has 1 aromatic carbocycles. The number of piperazine rings is 1. The third kappa shape index (κ3) is 5.94. The van der Waals surface area contributed by atoms with Gasteiger partial charge in [0.25, 0.3) is 0 Å². The zero-order valence-corrected chi connectivity index (χ0v) is 25.0. The smallest absolute Gasteiger partial charge is 0.324 e. The predicted octanol–water partition coefficient (Wildman–Crippen LogP) is 4.75. The van der Waals surface area contributed by atoms with E-state index in [9.17, 15) is 10.1 Å². The number of carbonyl (C=O) groups excluding carboxylic acids is 1. The topological polar surface area (TPSA) is 107 Å². The maximum absolute atomic E-state index is 13.8. The molecule has 2 aliphatic heterocycles. The van der Waals surface area contributed by atoms with Gasteiger partial charge in [0, 0.05) is 50.0 Å². The molecule has 0 radical (unpaired) electrons. The van der Waals surface area contributed by atoms with E-state index in [1.54, 1.807) is 17.2 Å². The van der Waals surface area contributed by atoms with Gasteiger partial charge in [0.2, 0.25) is 11.8 Å². The van der Waals surface area contributed by atoms with Crippen LogP contribution in [0.25, 0.3) is 11.3 Å². The zero-order chi connectivity index (χ0) is 29.6. The lowest BCUT2D eigenvalue weighted by molar-refractivity contribution is 0.190. The SMILES string of the molecule is CCOc1ncccc1-c1ccc(N2CCN(C(=O)N3CCc4cc(Cl)cc(C#N)c43)C[C@H]2CC)c(OCCNC)n1. The van der Waals surface area contributed by atoms with Crippen LogP contribution in [-0.2, 0) is 6.42 Å². The number of fused-ring (bicyclic) bond motifs is 1. The number of pyridine rings is 2. The number of amides is 2. The van der Waals surface area contributed by atoms with Crippen LogP contribution in [0.5, 0.6) is 11.8 Å². The number of hydrogen-bond acceptors (Lipinski definition) is 8. The Labute approximate surface area is 251 Å². The van der Waals surface area contributed by atoms with Gasteiger partial charge in [0.1, 0.15) is 18.4 Å². The molecular weight excluding hydrogens is 554 g/mol. The van der Waals surface area contributed by atoms with Crippen LogP contribution in [-0.4, -0.2) is 79.9 Å². The number of nitrogens with one attached hydrogen (secondary N) is 1. The van der Waals surface area contributed by atoms with Crippen molar-refractivity contribution in [3.63, 3.8) is 0 Å². The number of halogens is 1. The summed E-state index contributed by atoms with van der Waals surface area (Å²) in [6.07, 6.45) is 3.21. The maximum Gasteiger partial charge on any atom is 0.324 e. The molecule has 0 unspecified atom stereocenters. The van der Waals surface area contributed by atoms with Gasteiger partial charge in [-0.25, -0.2) is 14.8 Å². The molecule has 2 aliphatic rings. The van der Waals surface area contributed by atoms with E-state index in [1.807, 2.05) is 49.2 Å². The third-order valence-corrected chi connectivity index (χ3v) is 7.89. The molecule has 42 heavy (non-hydrogen) atoms. The molecule has 0 aliphatic carbocycles. The summed E-state index contributed by atoms with van der Waals surface area (Å²) in [5.41, 5.74) is 4.47. The van der Waals surface area contributed by atoms with E-state index in [2.05, 4.69) is 28.2 Å². The van der Waals surface area contributed by atoms with Gasteiger partial charge in [-0.2, -0.15) is 5.26 Å². The van der Waals surface area contributed by atoms with Crippen LogP contribution in [0.3, 0.4) is 0 Å². The summed E-state index contributed by atoms with van der Waals surface area (Å²) in [4.78, 5) is 29.0. The highest BCUT2D eigenvalue weighted by atomic mass is 35.5. The van der Waals surface area contributed by atoms with Crippen molar-refractivity contribution in [3.05, 3.63) is 58.7 Å². The molecule has 0 spiro atoms. The number of likely N-dealkylation sites (N-methyl/N-ethyl adjacent to an activating group) is 1. The first-order valence-electron chi connectivity index (χ1n) is 14.4. The number of rotatable bonds is 9. The van der Waals surface area contributed by atoms with Crippen LogP contribution in [0.1, 0.15) is 31.4 Å². The van der Waals surface area contributed by atoms with Crippen molar-refractivity contribution < 1.29 is 14.3 Å². The summed E-state index contributed by atoms with van der Waals surface area (Å²) >= 11 is 6.22. The Morgan fingerprint density at radius 1 is 1.17 bits per heavy atom. The van der Waals surface area contributed by atoms with Crippen LogP contribution in [0.2, 0.25) is 5.02 Å². The standard InChI is InChI=1S/C31H36ClN7O3/c1-4-24-20-37(31(40)39-13-10-21-17-23(32)18-22(19-33)28(21)39)14-15-38(24)27-9-8-26(36-30(27)42-16-12-34-3)25-7-6-11-35-29(25)41-5-2/h6-9,11,17-18,24,34H,4-5,10,12-16,20H2,1-3H3/t24-/m1/s1. The number of nitriles is 1. The Kier molecular flexibility index (Phi) is 9.30. The highest BCUT2D eigenvalue weighted by molar-refractivity contribution is 6.31. The Hall–Kier alpha value is -4.07. The largest absolute Gasteiger partial charge is 0.477 e. The fourth-order valence-electron chi connectivity index (χ4n) is 5.65. The van der Waals surface area contributed by atoms with E-state index in [-0.39, 0.29) is 12.1 Å². The van der Waals surface area contributed by atoms with E-state index < -0.39 is 0 Å². The lowest BCUT2D eigenvalue weighted by atomic mass is 10.1. The summed E-state index contributed by atoms with van der Waals surface area (Å²) in [7, 11) is 1.88. The second-order valence-electron chi connectivity index (χ2n) is 10.2. The van der Waals surface area contributed by atoms with Crippen molar-refractivity contribution in [1.29, 1.82) is 5.26 Å². The molecule has 1 N–H and O–H groups in total. The molecular formula is C31H36ClN7O3. The quantitative estimate of drug-likeness (QED) is 0.356. The lowest BCUT2D eigenvalue weighted by Gasteiger charge is -2.43. The summed E-state index contributed by atoms with van der Waals surface area (Å²) in [5, 5.41) is 13.4. The summed E-state index contributed by atoms with van der Waals surface area (Å²) < 4.78 is 12.0. The molecule has 220 valence electrons. The summed E-state index contributed by atoms with van der Waals surface area (Å²) in [6.45, 7) is 7.93. The normalized spacial score (nSPS) is 16.3.